The summed E-state index contributed by atoms with van der Waals surface area (Å²) in [5.74, 6) is -0.193. The van der Waals surface area contributed by atoms with Crippen LogP contribution in [-0.4, -0.2) is 33.2 Å². The number of carbonyl (C=O) groups excluding carboxylic acids is 1. The Morgan fingerprint density at radius 2 is 2.03 bits per heavy atom. The number of amides is 1. The number of H-pyrrole nitrogens is 1. The van der Waals surface area contributed by atoms with Gasteiger partial charge in [0.2, 0.25) is 0 Å². The minimum Gasteiger partial charge on any atom is -0.382 e. The van der Waals surface area contributed by atoms with Gasteiger partial charge in [-0.05, 0) is 56.4 Å². The van der Waals surface area contributed by atoms with Crippen LogP contribution in [0.15, 0.2) is 30.5 Å². The predicted molar refractivity (Wildman–Crippen MR) is 117 cm³/mol. The van der Waals surface area contributed by atoms with Gasteiger partial charge in [-0.25, -0.2) is 4.98 Å². The van der Waals surface area contributed by atoms with Crippen LogP contribution in [0, 0.1) is 0 Å². The Bertz CT molecular complexity index is 1130. The Balaban J connectivity index is 1.53. The standard InChI is InChI=1S/C22H23ClF3N5O/c1-2-17-16(11-27-31-17)21(32)29-14-5-3-4-13(9-14)28-19-10-20(22(24,25)26)30-18-7-6-12(23)8-15(18)19/h6-8,10-11,13-14H,2-5,9H2,1H3,(H,27,31)(H,28,30)(H,29,32)/t13-,14?/m0/s1. The average molecular weight is 466 g/mol. The van der Waals surface area contributed by atoms with Crippen LogP contribution in [0.3, 0.4) is 0 Å². The number of anilines is 1. The van der Waals surface area contributed by atoms with E-state index in [-0.39, 0.29) is 23.5 Å². The smallest absolute Gasteiger partial charge is 0.382 e. The number of carbonyl (C=O) groups is 1. The van der Waals surface area contributed by atoms with Gasteiger partial charge in [-0.2, -0.15) is 18.3 Å². The topological polar surface area (TPSA) is 82.7 Å². The number of aromatic nitrogens is 3. The molecule has 0 spiro atoms. The van der Waals surface area contributed by atoms with E-state index < -0.39 is 11.9 Å². The van der Waals surface area contributed by atoms with Crippen LogP contribution in [0.25, 0.3) is 10.9 Å². The predicted octanol–water partition coefficient (Wildman–Crippen LogP) is 5.35. The molecule has 3 aromatic rings. The molecule has 2 heterocycles. The van der Waals surface area contributed by atoms with Gasteiger partial charge in [0.1, 0.15) is 5.69 Å². The molecule has 4 rings (SSSR count). The number of rotatable bonds is 5. The molecule has 10 heteroatoms. The first-order valence-corrected chi connectivity index (χ1v) is 10.9. The summed E-state index contributed by atoms with van der Waals surface area (Å²) in [6.45, 7) is 1.94. The maximum Gasteiger partial charge on any atom is 0.433 e. The van der Waals surface area contributed by atoms with Gasteiger partial charge in [0.15, 0.2) is 0 Å². The van der Waals surface area contributed by atoms with Crippen LogP contribution >= 0.6 is 11.6 Å². The van der Waals surface area contributed by atoms with Crippen molar-refractivity contribution >= 4 is 34.1 Å². The monoisotopic (exact) mass is 465 g/mol. The molecule has 0 saturated heterocycles. The Hall–Kier alpha value is -2.81. The quantitative estimate of drug-likeness (QED) is 0.474. The fourth-order valence-corrected chi connectivity index (χ4v) is 4.35. The molecule has 1 fully saturated rings. The van der Waals surface area contributed by atoms with Crippen molar-refractivity contribution in [3.05, 3.63) is 52.4 Å². The molecule has 2 atom stereocenters. The Kier molecular flexibility index (Phi) is 6.28. The van der Waals surface area contributed by atoms with E-state index >= 15 is 0 Å². The molecular weight excluding hydrogens is 443 g/mol. The number of benzene rings is 1. The van der Waals surface area contributed by atoms with Crippen molar-refractivity contribution in [3.63, 3.8) is 0 Å². The SMILES string of the molecule is CCc1[nH]ncc1C(=O)NC1CCC[C@H](Nc2cc(C(F)(F)F)nc3ccc(Cl)cc23)C1. The third-order valence-corrected chi connectivity index (χ3v) is 5.98. The summed E-state index contributed by atoms with van der Waals surface area (Å²) in [5, 5.41) is 14.0. The van der Waals surface area contributed by atoms with Gasteiger partial charge in [0.25, 0.3) is 5.91 Å². The van der Waals surface area contributed by atoms with Gasteiger partial charge in [-0.15, -0.1) is 0 Å². The summed E-state index contributed by atoms with van der Waals surface area (Å²) >= 11 is 6.08. The zero-order chi connectivity index (χ0) is 22.9. The first-order valence-electron chi connectivity index (χ1n) is 10.5. The maximum absolute atomic E-state index is 13.4. The van der Waals surface area contributed by atoms with Gasteiger partial charge >= 0.3 is 6.18 Å². The van der Waals surface area contributed by atoms with Crippen molar-refractivity contribution in [1.82, 2.24) is 20.5 Å². The highest BCUT2D eigenvalue weighted by Crippen LogP contribution is 2.35. The van der Waals surface area contributed by atoms with Crippen molar-refractivity contribution in [2.75, 3.05) is 5.32 Å². The number of aromatic amines is 1. The van der Waals surface area contributed by atoms with Crippen LogP contribution in [-0.2, 0) is 12.6 Å². The number of alkyl halides is 3. The number of halogens is 4. The summed E-state index contributed by atoms with van der Waals surface area (Å²) in [6.07, 6.45) is 0.634. The fraction of sp³-hybridized carbons (Fsp3) is 0.409. The second kappa shape index (κ2) is 8.97. The van der Waals surface area contributed by atoms with Crippen LogP contribution in [0.2, 0.25) is 5.02 Å². The number of nitrogens with one attached hydrogen (secondary N) is 3. The zero-order valence-electron chi connectivity index (χ0n) is 17.4. The van der Waals surface area contributed by atoms with Crippen molar-refractivity contribution in [1.29, 1.82) is 0 Å². The first-order chi connectivity index (χ1) is 15.2. The molecule has 0 aliphatic heterocycles. The van der Waals surface area contributed by atoms with Crippen LogP contribution < -0.4 is 10.6 Å². The third-order valence-electron chi connectivity index (χ3n) is 5.75. The van der Waals surface area contributed by atoms with Gasteiger partial charge in [-0.1, -0.05) is 18.5 Å². The van der Waals surface area contributed by atoms with E-state index in [9.17, 15) is 18.0 Å². The Morgan fingerprint density at radius 3 is 2.78 bits per heavy atom. The second-order valence-corrected chi connectivity index (χ2v) is 8.44. The fourth-order valence-electron chi connectivity index (χ4n) is 4.18. The summed E-state index contributed by atoms with van der Waals surface area (Å²) < 4.78 is 40.2. The molecule has 1 amide bonds. The minimum absolute atomic E-state index is 0.0906. The number of fused-ring (bicyclic) bond motifs is 1. The molecule has 6 nitrogen and oxygen atoms in total. The molecule has 1 aliphatic rings. The van der Waals surface area contributed by atoms with E-state index in [1.54, 1.807) is 6.07 Å². The molecule has 0 radical (unpaired) electrons. The van der Waals surface area contributed by atoms with Crippen molar-refractivity contribution in [2.45, 2.75) is 57.3 Å². The number of aryl methyl sites for hydroxylation is 1. The van der Waals surface area contributed by atoms with E-state index in [4.69, 9.17) is 11.6 Å². The van der Waals surface area contributed by atoms with E-state index in [0.29, 0.717) is 34.5 Å². The van der Waals surface area contributed by atoms with E-state index in [1.165, 1.54) is 18.3 Å². The van der Waals surface area contributed by atoms with Gasteiger partial charge in [0, 0.05) is 33.9 Å². The molecule has 2 aromatic heterocycles. The van der Waals surface area contributed by atoms with Gasteiger partial charge < -0.3 is 10.6 Å². The lowest BCUT2D eigenvalue weighted by Crippen LogP contribution is -2.42. The summed E-state index contributed by atoms with van der Waals surface area (Å²) in [5.41, 5.74) is 0.895. The maximum atomic E-state index is 13.4. The molecule has 170 valence electrons. The van der Waals surface area contributed by atoms with Crippen molar-refractivity contribution in [3.8, 4) is 0 Å². The molecule has 1 aliphatic carbocycles. The van der Waals surface area contributed by atoms with Crippen molar-refractivity contribution < 1.29 is 18.0 Å². The van der Waals surface area contributed by atoms with Gasteiger partial charge in [-0.3, -0.25) is 9.89 Å². The third kappa shape index (κ3) is 4.82. The molecule has 1 saturated carbocycles. The largest absolute Gasteiger partial charge is 0.433 e. The highest BCUT2D eigenvalue weighted by atomic mass is 35.5. The number of hydrogen-bond donors (Lipinski definition) is 3. The van der Waals surface area contributed by atoms with E-state index in [1.807, 2.05) is 6.92 Å². The molecular formula is C22H23ClF3N5O. The lowest BCUT2D eigenvalue weighted by atomic mass is 9.90. The first kappa shape index (κ1) is 22.4. The lowest BCUT2D eigenvalue weighted by Gasteiger charge is -2.31. The number of nitrogens with zero attached hydrogens (tertiary/aromatic N) is 2. The van der Waals surface area contributed by atoms with E-state index in [0.717, 1.165) is 31.0 Å². The Morgan fingerprint density at radius 1 is 1.25 bits per heavy atom. The lowest BCUT2D eigenvalue weighted by molar-refractivity contribution is -0.140. The second-order valence-electron chi connectivity index (χ2n) is 8.01. The average Bonchev–Trinajstić information content (AvgIpc) is 3.22. The van der Waals surface area contributed by atoms with Crippen LogP contribution in [0.4, 0.5) is 18.9 Å². The Labute approximate surface area is 187 Å². The summed E-state index contributed by atoms with van der Waals surface area (Å²) in [7, 11) is 0. The van der Waals surface area contributed by atoms with E-state index in [2.05, 4.69) is 25.8 Å². The summed E-state index contributed by atoms with van der Waals surface area (Å²) in [6, 6.07) is 5.45. The normalized spacial score (nSPS) is 19.2. The minimum atomic E-state index is -4.56. The van der Waals surface area contributed by atoms with Crippen molar-refractivity contribution in [2.24, 2.45) is 0 Å². The molecule has 0 bridgehead atoms. The summed E-state index contributed by atoms with van der Waals surface area (Å²) in [4.78, 5) is 16.4. The molecule has 1 aromatic carbocycles. The number of hydrogen-bond acceptors (Lipinski definition) is 4. The molecule has 32 heavy (non-hydrogen) atoms. The van der Waals surface area contributed by atoms with Crippen LogP contribution in [0.5, 0.6) is 0 Å². The zero-order valence-corrected chi connectivity index (χ0v) is 18.1. The highest BCUT2D eigenvalue weighted by Gasteiger charge is 2.34. The molecule has 3 N–H and O–H groups in total. The molecule has 1 unspecified atom stereocenters. The highest BCUT2D eigenvalue weighted by molar-refractivity contribution is 6.31. The number of pyridine rings is 1. The van der Waals surface area contributed by atoms with Gasteiger partial charge in [0.05, 0.1) is 17.3 Å². The van der Waals surface area contributed by atoms with Crippen LogP contribution in [0.1, 0.15) is 54.4 Å².